The van der Waals surface area contributed by atoms with Gasteiger partial charge < -0.3 is 0 Å². The molecule has 7 nitrogen and oxygen atoms in total. The Labute approximate surface area is 156 Å². The summed E-state index contributed by atoms with van der Waals surface area (Å²) < 4.78 is 0. The third-order valence-electron chi connectivity index (χ3n) is 4.56. The highest BCUT2D eigenvalue weighted by molar-refractivity contribution is 7.14. The highest BCUT2D eigenvalue weighted by Crippen LogP contribution is 2.25. The molecule has 26 heavy (non-hydrogen) atoms. The van der Waals surface area contributed by atoms with E-state index in [1.807, 2.05) is 5.38 Å². The minimum atomic E-state index is -0.519. The fourth-order valence-corrected chi connectivity index (χ4v) is 4.04. The minimum Gasteiger partial charge on any atom is -0.298 e. The van der Waals surface area contributed by atoms with E-state index in [9.17, 15) is 14.9 Å². The van der Waals surface area contributed by atoms with E-state index in [0.717, 1.165) is 25.3 Å². The summed E-state index contributed by atoms with van der Waals surface area (Å²) in [6.45, 7) is 6.78. The van der Waals surface area contributed by atoms with E-state index in [2.05, 4.69) is 22.1 Å². The van der Waals surface area contributed by atoms with E-state index in [1.54, 1.807) is 19.1 Å². The zero-order chi connectivity index (χ0) is 18.7. The van der Waals surface area contributed by atoms with Crippen molar-refractivity contribution < 1.29 is 9.72 Å². The molecule has 1 saturated heterocycles. The van der Waals surface area contributed by atoms with Crippen molar-refractivity contribution in [3.05, 3.63) is 50.5 Å². The number of amides is 1. The molecule has 2 aromatic rings. The molecule has 0 saturated carbocycles. The summed E-state index contributed by atoms with van der Waals surface area (Å²) >= 11 is 1.34. The molecule has 0 spiro atoms. The molecule has 1 atom stereocenters. The Bertz CT molecular complexity index is 821. The maximum atomic E-state index is 12.5. The topological polar surface area (TPSA) is 88.4 Å². The van der Waals surface area contributed by atoms with Crippen LogP contribution in [-0.2, 0) is 6.54 Å². The number of nitro benzene ring substituents is 1. The second kappa shape index (κ2) is 7.92. The van der Waals surface area contributed by atoms with Crippen LogP contribution in [0.5, 0.6) is 0 Å². The normalized spacial score (nSPS) is 17.8. The third kappa shape index (κ3) is 4.25. The molecular formula is C18H22N4O3S. The molecule has 0 bridgehead atoms. The van der Waals surface area contributed by atoms with Crippen LogP contribution in [0.4, 0.5) is 10.8 Å². The van der Waals surface area contributed by atoms with Gasteiger partial charge in [-0.2, -0.15) is 0 Å². The van der Waals surface area contributed by atoms with E-state index < -0.39 is 10.8 Å². The third-order valence-corrected chi connectivity index (χ3v) is 5.37. The predicted octanol–water partition coefficient (Wildman–Crippen LogP) is 3.84. The molecule has 1 aliphatic rings. The quantitative estimate of drug-likeness (QED) is 0.634. The highest BCUT2D eigenvalue weighted by atomic mass is 32.1. The van der Waals surface area contributed by atoms with E-state index in [-0.39, 0.29) is 11.3 Å². The number of nitrogens with zero attached hydrogens (tertiary/aromatic N) is 3. The molecule has 1 fully saturated rings. The number of hydrogen-bond donors (Lipinski definition) is 1. The van der Waals surface area contributed by atoms with E-state index >= 15 is 0 Å². The average Bonchev–Trinajstić information content (AvgIpc) is 3.01. The Hall–Kier alpha value is -2.32. The van der Waals surface area contributed by atoms with Crippen molar-refractivity contribution in [3.8, 4) is 0 Å². The van der Waals surface area contributed by atoms with Crippen LogP contribution in [0.15, 0.2) is 23.6 Å². The summed E-state index contributed by atoms with van der Waals surface area (Å²) in [6, 6.07) is 4.72. The van der Waals surface area contributed by atoms with Crippen molar-refractivity contribution in [2.45, 2.75) is 33.2 Å². The standard InChI is InChI=1S/C18H22N4O3S/c1-12-5-4-8-21(9-12)10-14-11-26-18(19-14)20-17(23)15-7-3-6-13(2)16(15)22(24)25/h3,6-7,11-12H,4-5,8-10H2,1-2H3,(H,19,20,23)/t12-/m0/s1. The first-order valence-corrected chi connectivity index (χ1v) is 9.54. The Balaban J connectivity index is 1.69. The molecular weight excluding hydrogens is 352 g/mol. The van der Waals surface area contributed by atoms with Gasteiger partial charge in [-0.25, -0.2) is 4.98 Å². The van der Waals surface area contributed by atoms with E-state index in [1.165, 1.54) is 30.2 Å². The lowest BCUT2D eigenvalue weighted by molar-refractivity contribution is -0.385. The SMILES string of the molecule is Cc1cccc(C(=O)Nc2nc(CN3CCC[C@H](C)C3)cs2)c1[N+](=O)[O-]. The largest absolute Gasteiger partial charge is 0.298 e. The van der Waals surface area contributed by atoms with Gasteiger partial charge in [0, 0.05) is 24.0 Å². The minimum absolute atomic E-state index is 0.0524. The number of piperidine rings is 1. The second-order valence-corrected chi connectivity index (χ2v) is 7.67. The lowest BCUT2D eigenvalue weighted by atomic mass is 10.0. The Kier molecular flexibility index (Phi) is 5.63. The van der Waals surface area contributed by atoms with Gasteiger partial charge in [0.25, 0.3) is 11.6 Å². The Morgan fingerprint density at radius 3 is 3.04 bits per heavy atom. The van der Waals surface area contributed by atoms with Gasteiger partial charge in [-0.3, -0.25) is 25.1 Å². The van der Waals surface area contributed by atoms with Gasteiger partial charge in [-0.05, 0) is 38.3 Å². The Morgan fingerprint density at radius 1 is 1.50 bits per heavy atom. The molecule has 0 aliphatic carbocycles. The summed E-state index contributed by atoms with van der Waals surface area (Å²) in [7, 11) is 0. The first-order valence-electron chi connectivity index (χ1n) is 8.66. The number of nitro groups is 1. The zero-order valence-corrected chi connectivity index (χ0v) is 15.7. The number of aryl methyl sites for hydroxylation is 1. The predicted molar refractivity (Wildman–Crippen MR) is 102 cm³/mol. The van der Waals surface area contributed by atoms with Gasteiger partial charge in [-0.1, -0.05) is 19.1 Å². The van der Waals surface area contributed by atoms with Crippen LogP contribution < -0.4 is 5.32 Å². The van der Waals surface area contributed by atoms with Gasteiger partial charge in [0.05, 0.1) is 10.6 Å². The molecule has 138 valence electrons. The molecule has 0 radical (unpaired) electrons. The van der Waals surface area contributed by atoms with Crippen LogP contribution in [0, 0.1) is 23.0 Å². The van der Waals surface area contributed by atoms with Gasteiger partial charge in [0.1, 0.15) is 5.56 Å². The number of likely N-dealkylation sites (tertiary alicyclic amines) is 1. The highest BCUT2D eigenvalue weighted by Gasteiger charge is 2.23. The maximum absolute atomic E-state index is 12.5. The maximum Gasteiger partial charge on any atom is 0.285 e. The molecule has 8 heteroatoms. The van der Waals surface area contributed by atoms with Gasteiger partial charge >= 0.3 is 0 Å². The van der Waals surface area contributed by atoms with Crippen LogP contribution in [0.2, 0.25) is 0 Å². The van der Waals surface area contributed by atoms with Crippen molar-refractivity contribution in [1.82, 2.24) is 9.88 Å². The van der Waals surface area contributed by atoms with E-state index in [0.29, 0.717) is 16.6 Å². The van der Waals surface area contributed by atoms with Crippen LogP contribution in [0.3, 0.4) is 0 Å². The summed E-state index contributed by atoms with van der Waals surface area (Å²) in [5, 5.41) is 16.3. The van der Waals surface area contributed by atoms with Crippen molar-refractivity contribution in [2.75, 3.05) is 18.4 Å². The first kappa shape index (κ1) is 18.5. The first-order chi connectivity index (χ1) is 12.4. The summed E-state index contributed by atoms with van der Waals surface area (Å²) in [4.78, 5) is 30.1. The Morgan fingerprint density at radius 2 is 2.31 bits per heavy atom. The van der Waals surface area contributed by atoms with E-state index in [4.69, 9.17) is 0 Å². The van der Waals surface area contributed by atoms with Crippen LogP contribution in [0.25, 0.3) is 0 Å². The van der Waals surface area contributed by atoms with Gasteiger partial charge in [0.2, 0.25) is 0 Å². The molecule has 1 aliphatic heterocycles. The lowest BCUT2D eigenvalue weighted by Crippen LogP contribution is -2.33. The smallest absolute Gasteiger partial charge is 0.285 e. The molecule has 1 N–H and O–H groups in total. The molecule has 1 aromatic heterocycles. The molecule has 0 unspecified atom stereocenters. The number of rotatable bonds is 5. The zero-order valence-electron chi connectivity index (χ0n) is 14.9. The average molecular weight is 374 g/mol. The number of carbonyl (C=O) groups is 1. The number of anilines is 1. The molecule has 1 amide bonds. The van der Waals surface area contributed by atoms with Gasteiger partial charge in [-0.15, -0.1) is 11.3 Å². The fourth-order valence-electron chi connectivity index (χ4n) is 3.35. The number of benzene rings is 1. The molecule has 3 rings (SSSR count). The van der Waals surface area contributed by atoms with Crippen molar-refractivity contribution >= 4 is 28.1 Å². The van der Waals surface area contributed by atoms with Crippen LogP contribution in [-0.4, -0.2) is 33.8 Å². The van der Waals surface area contributed by atoms with Crippen LogP contribution in [0.1, 0.15) is 41.4 Å². The number of nitrogens with one attached hydrogen (secondary N) is 1. The van der Waals surface area contributed by atoms with Gasteiger partial charge in [0.15, 0.2) is 5.13 Å². The number of aromatic nitrogens is 1. The fraction of sp³-hybridized carbons (Fsp3) is 0.444. The molecule has 2 heterocycles. The number of carbonyl (C=O) groups excluding carboxylic acids is 1. The van der Waals surface area contributed by atoms with Crippen molar-refractivity contribution in [1.29, 1.82) is 0 Å². The van der Waals surface area contributed by atoms with Crippen molar-refractivity contribution in [3.63, 3.8) is 0 Å². The summed E-state index contributed by atoms with van der Waals surface area (Å²) in [5.74, 6) is 0.191. The van der Waals surface area contributed by atoms with Crippen molar-refractivity contribution in [2.24, 2.45) is 5.92 Å². The molecule has 1 aromatic carbocycles. The summed E-state index contributed by atoms with van der Waals surface area (Å²) in [5.41, 5.74) is 1.26. The lowest BCUT2D eigenvalue weighted by Gasteiger charge is -2.30. The van der Waals surface area contributed by atoms with Crippen LogP contribution >= 0.6 is 11.3 Å². The summed E-state index contributed by atoms with van der Waals surface area (Å²) in [6.07, 6.45) is 2.47. The second-order valence-electron chi connectivity index (χ2n) is 6.81. The number of hydrogen-bond acceptors (Lipinski definition) is 6. The number of thiazole rings is 1. The number of para-hydroxylation sites is 1. The monoisotopic (exact) mass is 374 g/mol.